The summed E-state index contributed by atoms with van der Waals surface area (Å²) < 4.78 is 2.07. The Morgan fingerprint density at radius 1 is 1.10 bits per heavy atom. The molecule has 1 N–H and O–H groups in total. The molecule has 0 atom stereocenters. The maximum absolute atomic E-state index is 11.0. The molecule has 1 amide bonds. The van der Waals surface area contributed by atoms with Crippen LogP contribution in [0.4, 0.5) is 5.69 Å². The number of carbonyl (C=O) groups excluding carboxylic acids is 1. The van der Waals surface area contributed by atoms with Gasteiger partial charge in [-0.15, -0.1) is 0 Å². The van der Waals surface area contributed by atoms with Gasteiger partial charge in [0.25, 0.3) is 0 Å². The van der Waals surface area contributed by atoms with Gasteiger partial charge in [0.05, 0.1) is 11.0 Å². The number of carbonyl (C=O) groups is 1. The van der Waals surface area contributed by atoms with Crippen LogP contribution in [0.2, 0.25) is 0 Å². The molecule has 1 aromatic heterocycles. The van der Waals surface area contributed by atoms with Crippen molar-refractivity contribution in [3.05, 3.63) is 48.5 Å². The van der Waals surface area contributed by atoms with E-state index in [2.05, 4.69) is 20.9 Å². The molecule has 1 heterocycles. The number of imidazole rings is 1. The van der Waals surface area contributed by atoms with Crippen molar-refractivity contribution >= 4 is 22.6 Å². The van der Waals surface area contributed by atoms with Crippen molar-refractivity contribution in [3.63, 3.8) is 0 Å². The van der Waals surface area contributed by atoms with E-state index in [1.54, 1.807) is 0 Å². The van der Waals surface area contributed by atoms with Crippen LogP contribution in [0, 0.1) is 0 Å². The molecule has 0 aliphatic rings. The van der Waals surface area contributed by atoms with Crippen LogP contribution in [0.25, 0.3) is 22.4 Å². The summed E-state index contributed by atoms with van der Waals surface area (Å²) in [4.78, 5) is 15.7. The first kappa shape index (κ1) is 12.4. The van der Waals surface area contributed by atoms with Crippen LogP contribution in [-0.2, 0) is 11.8 Å². The van der Waals surface area contributed by atoms with Crippen molar-refractivity contribution in [2.45, 2.75) is 6.92 Å². The van der Waals surface area contributed by atoms with E-state index in [-0.39, 0.29) is 5.91 Å². The van der Waals surface area contributed by atoms with E-state index in [1.165, 1.54) is 6.92 Å². The fourth-order valence-electron chi connectivity index (χ4n) is 2.31. The molecular formula is C16H15N3O. The Morgan fingerprint density at radius 3 is 2.45 bits per heavy atom. The highest BCUT2D eigenvalue weighted by Gasteiger charge is 2.09. The molecule has 0 aliphatic heterocycles. The Bertz CT molecular complexity index is 772. The highest BCUT2D eigenvalue weighted by atomic mass is 16.1. The third-order valence-corrected chi connectivity index (χ3v) is 3.25. The number of amides is 1. The Balaban J connectivity index is 2.02. The summed E-state index contributed by atoms with van der Waals surface area (Å²) in [6, 6.07) is 15.7. The highest BCUT2D eigenvalue weighted by Crippen LogP contribution is 2.24. The van der Waals surface area contributed by atoms with Crippen LogP contribution in [0.5, 0.6) is 0 Å². The molecular weight excluding hydrogens is 250 g/mol. The molecule has 4 heteroatoms. The SMILES string of the molecule is CC(=O)Nc1ccc(-c2nc3ccccc3n2C)cc1. The van der Waals surface area contributed by atoms with Crippen molar-refractivity contribution < 1.29 is 4.79 Å². The number of fused-ring (bicyclic) bond motifs is 1. The molecule has 4 nitrogen and oxygen atoms in total. The van der Waals surface area contributed by atoms with Gasteiger partial charge in [-0.25, -0.2) is 4.98 Å². The normalized spacial score (nSPS) is 10.7. The Labute approximate surface area is 117 Å². The van der Waals surface area contributed by atoms with Gasteiger partial charge in [0.2, 0.25) is 5.91 Å². The molecule has 3 rings (SSSR count). The largest absolute Gasteiger partial charge is 0.327 e. The number of para-hydroxylation sites is 2. The lowest BCUT2D eigenvalue weighted by molar-refractivity contribution is -0.114. The second kappa shape index (κ2) is 4.81. The number of benzene rings is 2. The quantitative estimate of drug-likeness (QED) is 0.773. The third kappa shape index (κ3) is 2.16. The number of anilines is 1. The number of hydrogen-bond acceptors (Lipinski definition) is 2. The van der Waals surface area contributed by atoms with E-state index in [0.29, 0.717) is 0 Å². The minimum Gasteiger partial charge on any atom is -0.327 e. The average Bonchev–Trinajstić information content (AvgIpc) is 2.77. The lowest BCUT2D eigenvalue weighted by atomic mass is 10.2. The number of nitrogens with one attached hydrogen (secondary N) is 1. The number of rotatable bonds is 2. The van der Waals surface area contributed by atoms with E-state index in [1.807, 2.05) is 49.5 Å². The van der Waals surface area contributed by atoms with Crippen LogP contribution in [0.3, 0.4) is 0 Å². The summed E-state index contributed by atoms with van der Waals surface area (Å²) >= 11 is 0. The Hall–Kier alpha value is -2.62. The second-order valence-corrected chi connectivity index (χ2v) is 4.74. The maximum atomic E-state index is 11.0. The van der Waals surface area contributed by atoms with Crippen molar-refractivity contribution in [1.82, 2.24) is 9.55 Å². The van der Waals surface area contributed by atoms with Crippen molar-refractivity contribution in [2.75, 3.05) is 5.32 Å². The minimum absolute atomic E-state index is 0.0690. The number of hydrogen-bond donors (Lipinski definition) is 1. The van der Waals surface area contributed by atoms with Crippen LogP contribution < -0.4 is 5.32 Å². The fourth-order valence-corrected chi connectivity index (χ4v) is 2.31. The summed E-state index contributed by atoms with van der Waals surface area (Å²) in [6.07, 6.45) is 0. The van der Waals surface area contributed by atoms with Gasteiger partial charge in [-0.1, -0.05) is 12.1 Å². The summed E-state index contributed by atoms with van der Waals surface area (Å²) in [5.41, 5.74) is 3.90. The predicted octanol–water partition coefficient (Wildman–Crippen LogP) is 3.20. The van der Waals surface area contributed by atoms with Crippen molar-refractivity contribution in [1.29, 1.82) is 0 Å². The topological polar surface area (TPSA) is 46.9 Å². The van der Waals surface area contributed by atoms with E-state index in [4.69, 9.17) is 0 Å². The number of nitrogens with zero attached hydrogens (tertiary/aromatic N) is 2. The highest BCUT2D eigenvalue weighted by molar-refractivity contribution is 5.89. The molecule has 0 unspecified atom stereocenters. The maximum Gasteiger partial charge on any atom is 0.221 e. The van der Waals surface area contributed by atoms with Gasteiger partial charge in [-0.3, -0.25) is 4.79 Å². The van der Waals surface area contributed by atoms with E-state index >= 15 is 0 Å². The first-order valence-corrected chi connectivity index (χ1v) is 6.44. The Kier molecular flexibility index (Phi) is 2.99. The monoisotopic (exact) mass is 265 g/mol. The smallest absolute Gasteiger partial charge is 0.221 e. The van der Waals surface area contributed by atoms with Gasteiger partial charge < -0.3 is 9.88 Å². The standard InChI is InChI=1S/C16H15N3O/c1-11(20)17-13-9-7-12(8-10-13)16-18-14-5-3-4-6-15(14)19(16)2/h3-10H,1-2H3,(H,17,20). The number of aromatic nitrogens is 2. The summed E-state index contributed by atoms with van der Waals surface area (Å²) in [5.74, 6) is 0.848. The lowest BCUT2D eigenvalue weighted by Crippen LogP contribution is -2.05. The molecule has 100 valence electrons. The summed E-state index contributed by atoms with van der Waals surface area (Å²) in [5, 5.41) is 2.76. The predicted molar refractivity (Wildman–Crippen MR) is 80.5 cm³/mol. The van der Waals surface area contributed by atoms with Gasteiger partial charge in [0.1, 0.15) is 5.82 Å². The van der Waals surface area contributed by atoms with Gasteiger partial charge in [0, 0.05) is 25.2 Å². The molecule has 20 heavy (non-hydrogen) atoms. The average molecular weight is 265 g/mol. The second-order valence-electron chi connectivity index (χ2n) is 4.74. The molecule has 3 aromatic rings. The van der Waals surface area contributed by atoms with E-state index in [0.717, 1.165) is 28.1 Å². The van der Waals surface area contributed by atoms with Crippen LogP contribution in [0.15, 0.2) is 48.5 Å². The fraction of sp³-hybridized carbons (Fsp3) is 0.125. The minimum atomic E-state index is -0.0690. The van der Waals surface area contributed by atoms with Crippen LogP contribution >= 0.6 is 0 Å². The van der Waals surface area contributed by atoms with Crippen LogP contribution in [-0.4, -0.2) is 15.5 Å². The third-order valence-electron chi connectivity index (χ3n) is 3.25. The summed E-state index contributed by atoms with van der Waals surface area (Å²) in [6.45, 7) is 1.50. The van der Waals surface area contributed by atoms with Gasteiger partial charge in [0.15, 0.2) is 0 Å². The molecule has 0 saturated carbocycles. The van der Waals surface area contributed by atoms with E-state index < -0.39 is 0 Å². The molecule has 0 aliphatic carbocycles. The van der Waals surface area contributed by atoms with Crippen LogP contribution in [0.1, 0.15) is 6.92 Å². The van der Waals surface area contributed by atoms with Crippen molar-refractivity contribution in [2.24, 2.45) is 7.05 Å². The van der Waals surface area contributed by atoms with Gasteiger partial charge in [-0.05, 0) is 36.4 Å². The van der Waals surface area contributed by atoms with E-state index in [9.17, 15) is 4.79 Å². The Morgan fingerprint density at radius 2 is 1.80 bits per heavy atom. The molecule has 0 bridgehead atoms. The van der Waals surface area contributed by atoms with Crippen molar-refractivity contribution in [3.8, 4) is 11.4 Å². The zero-order chi connectivity index (χ0) is 14.1. The first-order chi connectivity index (χ1) is 9.65. The first-order valence-electron chi connectivity index (χ1n) is 6.44. The van der Waals surface area contributed by atoms with Gasteiger partial charge in [-0.2, -0.15) is 0 Å². The molecule has 2 aromatic carbocycles. The summed E-state index contributed by atoms with van der Waals surface area (Å²) in [7, 11) is 2.01. The zero-order valence-corrected chi connectivity index (χ0v) is 11.4. The molecule has 0 spiro atoms. The molecule has 0 fully saturated rings. The zero-order valence-electron chi connectivity index (χ0n) is 11.4. The molecule has 0 saturated heterocycles. The van der Waals surface area contributed by atoms with Gasteiger partial charge >= 0.3 is 0 Å². The number of aryl methyl sites for hydroxylation is 1. The lowest BCUT2D eigenvalue weighted by Gasteiger charge is -2.05. The molecule has 0 radical (unpaired) electrons.